The molecule has 0 aliphatic carbocycles. The molecule has 0 aromatic heterocycles. The van der Waals surface area contributed by atoms with Crippen LogP contribution in [0.4, 0.5) is 5.69 Å². The Bertz CT molecular complexity index is 484. The highest BCUT2D eigenvalue weighted by Gasteiger charge is 2.29. The first-order valence-corrected chi connectivity index (χ1v) is 7.76. The van der Waals surface area contributed by atoms with E-state index in [1.165, 1.54) is 11.1 Å². The topological polar surface area (TPSA) is 46.3 Å². The van der Waals surface area contributed by atoms with Gasteiger partial charge >= 0.3 is 0 Å². The van der Waals surface area contributed by atoms with Crippen molar-refractivity contribution < 1.29 is 4.79 Å². The number of fused-ring (bicyclic) bond motifs is 1. The van der Waals surface area contributed by atoms with Crippen molar-refractivity contribution in [1.29, 1.82) is 0 Å². The number of benzene rings is 1. The Kier molecular flexibility index (Phi) is 4.81. The van der Waals surface area contributed by atoms with Gasteiger partial charge in [-0.3, -0.25) is 4.79 Å². The maximum absolute atomic E-state index is 12.0. The van der Waals surface area contributed by atoms with Gasteiger partial charge in [0.25, 0.3) is 0 Å². The van der Waals surface area contributed by atoms with Crippen molar-refractivity contribution in [3.63, 3.8) is 0 Å². The molecule has 1 amide bonds. The Morgan fingerprint density at radius 1 is 1.45 bits per heavy atom. The number of nitrogens with two attached hydrogens (primary N) is 1. The van der Waals surface area contributed by atoms with E-state index >= 15 is 0 Å². The molecular formula is C17H26N2O. The molecular weight excluding hydrogens is 248 g/mol. The largest absolute Gasteiger partial charge is 0.327 e. The second-order valence-electron chi connectivity index (χ2n) is 5.89. The molecule has 110 valence electrons. The summed E-state index contributed by atoms with van der Waals surface area (Å²) in [6.45, 7) is 6.21. The van der Waals surface area contributed by atoms with E-state index in [9.17, 15) is 4.79 Å². The molecule has 3 heteroatoms. The SMILES string of the molecule is CCCC(N)Cc1ccc2c(c1)CC(C)N2C(=O)CC. The second-order valence-corrected chi connectivity index (χ2v) is 5.89. The third-order valence-electron chi connectivity index (χ3n) is 4.09. The maximum atomic E-state index is 12.0. The highest BCUT2D eigenvalue weighted by atomic mass is 16.2. The lowest BCUT2D eigenvalue weighted by Crippen LogP contribution is -2.35. The summed E-state index contributed by atoms with van der Waals surface area (Å²) in [4.78, 5) is 14.0. The third-order valence-corrected chi connectivity index (χ3v) is 4.09. The van der Waals surface area contributed by atoms with Crippen molar-refractivity contribution in [2.45, 2.75) is 65.0 Å². The minimum Gasteiger partial charge on any atom is -0.327 e. The first-order chi connectivity index (χ1) is 9.56. The monoisotopic (exact) mass is 274 g/mol. The Morgan fingerprint density at radius 3 is 2.85 bits per heavy atom. The Labute approximate surface area is 122 Å². The molecule has 0 radical (unpaired) electrons. The van der Waals surface area contributed by atoms with Crippen molar-refractivity contribution in [3.8, 4) is 0 Å². The minimum absolute atomic E-state index is 0.215. The van der Waals surface area contributed by atoms with Gasteiger partial charge in [0.15, 0.2) is 0 Å². The number of nitrogens with zero attached hydrogens (tertiary/aromatic N) is 1. The molecule has 1 aromatic rings. The van der Waals surface area contributed by atoms with Crippen LogP contribution < -0.4 is 10.6 Å². The molecule has 1 aliphatic heterocycles. The summed E-state index contributed by atoms with van der Waals surface area (Å²) >= 11 is 0. The van der Waals surface area contributed by atoms with Crippen LogP contribution in [-0.4, -0.2) is 18.0 Å². The fraction of sp³-hybridized carbons (Fsp3) is 0.588. The van der Waals surface area contributed by atoms with Gasteiger partial charge in [-0.2, -0.15) is 0 Å². The highest BCUT2D eigenvalue weighted by Crippen LogP contribution is 2.33. The first kappa shape index (κ1) is 15.0. The standard InChI is InChI=1S/C17H26N2O/c1-4-6-15(18)11-13-7-8-16-14(10-13)9-12(3)19(16)17(20)5-2/h7-8,10,12,15H,4-6,9,11,18H2,1-3H3. The smallest absolute Gasteiger partial charge is 0.226 e. The van der Waals surface area contributed by atoms with Crippen LogP contribution in [-0.2, 0) is 17.6 Å². The van der Waals surface area contributed by atoms with Gasteiger partial charge in [0.2, 0.25) is 5.91 Å². The van der Waals surface area contributed by atoms with E-state index in [4.69, 9.17) is 5.73 Å². The number of rotatable bonds is 5. The highest BCUT2D eigenvalue weighted by molar-refractivity contribution is 5.96. The zero-order chi connectivity index (χ0) is 14.7. The van der Waals surface area contributed by atoms with E-state index in [-0.39, 0.29) is 18.0 Å². The van der Waals surface area contributed by atoms with Crippen molar-refractivity contribution in [2.75, 3.05) is 4.90 Å². The van der Waals surface area contributed by atoms with E-state index in [0.29, 0.717) is 6.42 Å². The van der Waals surface area contributed by atoms with Gasteiger partial charge in [0.05, 0.1) is 0 Å². The summed E-state index contributed by atoms with van der Waals surface area (Å²) in [7, 11) is 0. The van der Waals surface area contributed by atoms with Crippen molar-refractivity contribution >= 4 is 11.6 Å². The molecule has 3 nitrogen and oxygen atoms in total. The summed E-state index contributed by atoms with van der Waals surface area (Å²) in [5.74, 6) is 0.215. The number of carbonyl (C=O) groups excluding carboxylic acids is 1. The lowest BCUT2D eigenvalue weighted by atomic mass is 10.00. The Balaban J connectivity index is 2.18. The molecule has 2 rings (SSSR count). The molecule has 1 aliphatic rings. The van der Waals surface area contributed by atoms with E-state index in [1.807, 2.05) is 11.8 Å². The number of amides is 1. The molecule has 2 N–H and O–H groups in total. The average molecular weight is 274 g/mol. The van der Waals surface area contributed by atoms with Crippen molar-refractivity contribution in [1.82, 2.24) is 0 Å². The van der Waals surface area contributed by atoms with Gasteiger partial charge in [0, 0.05) is 24.2 Å². The van der Waals surface area contributed by atoms with E-state index in [1.54, 1.807) is 0 Å². The number of hydrogen-bond donors (Lipinski definition) is 1. The molecule has 20 heavy (non-hydrogen) atoms. The molecule has 0 fully saturated rings. The van der Waals surface area contributed by atoms with E-state index in [2.05, 4.69) is 32.0 Å². The molecule has 1 aromatic carbocycles. The zero-order valence-electron chi connectivity index (χ0n) is 12.9. The van der Waals surface area contributed by atoms with Crippen LogP contribution in [0.3, 0.4) is 0 Å². The van der Waals surface area contributed by atoms with Crippen molar-refractivity contribution in [2.24, 2.45) is 5.73 Å². The quantitative estimate of drug-likeness (QED) is 0.897. The summed E-state index contributed by atoms with van der Waals surface area (Å²) < 4.78 is 0. The number of hydrogen-bond acceptors (Lipinski definition) is 2. The van der Waals surface area contributed by atoms with Gasteiger partial charge in [0.1, 0.15) is 0 Å². The third kappa shape index (κ3) is 3.04. The molecule has 0 bridgehead atoms. The van der Waals surface area contributed by atoms with Crippen LogP contribution in [0.1, 0.15) is 51.2 Å². The minimum atomic E-state index is 0.215. The van der Waals surface area contributed by atoms with Crippen LogP contribution in [0.2, 0.25) is 0 Å². The lowest BCUT2D eigenvalue weighted by Gasteiger charge is -2.22. The van der Waals surface area contributed by atoms with Gasteiger partial charge in [-0.25, -0.2) is 0 Å². The fourth-order valence-corrected chi connectivity index (χ4v) is 3.14. The predicted molar refractivity (Wildman–Crippen MR) is 84.0 cm³/mol. The lowest BCUT2D eigenvalue weighted by molar-refractivity contribution is -0.118. The van der Waals surface area contributed by atoms with E-state index in [0.717, 1.165) is 31.4 Å². The molecule has 1 heterocycles. The van der Waals surface area contributed by atoms with Gasteiger partial charge in [-0.05, 0) is 43.4 Å². The van der Waals surface area contributed by atoms with Crippen LogP contribution >= 0.6 is 0 Å². The summed E-state index contributed by atoms with van der Waals surface area (Å²) in [5.41, 5.74) is 9.80. The van der Waals surface area contributed by atoms with Crippen LogP contribution in [0.5, 0.6) is 0 Å². The van der Waals surface area contributed by atoms with Crippen molar-refractivity contribution in [3.05, 3.63) is 29.3 Å². The summed E-state index contributed by atoms with van der Waals surface area (Å²) in [6, 6.07) is 6.98. The van der Waals surface area contributed by atoms with Crippen LogP contribution in [0.25, 0.3) is 0 Å². The van der Waals surface area contributed by atoms with E-state index < -0.39 is 0 Å². The van der Waals surface area contributed by atoms with Crippen LogP contribution in [0, 0.1) is 0 Å². The fourth-order valence-electron chi connectivity index (χ4n) is 3.14. The normalized spacial score (nSPS) is 19.0. The molecule has 0 spiro atoms. The average Bonchev–Trinajstić information content (AvgIpc) is 2.73. The Hall–Kier alpha value is -1.35. The Morgan fingerprint density at radius 2 is 2.20 bits per heavy atom. The molecule has 2 unspecified atom stereocenters. The van der Waals surface area contributed by atoms with Gasteiger partial charge in [-0.15, -0.1) is 0 Å². The zero-order valence-corrected chi connectivity index (χ0v) is 12.9. The summed E-state index contributed by atoms with van der Waals surface area (Å²) in [5, 5.41) is 0. The van der Waals surface area contributed by atoms with Crippen LogP contribution in [0.15, 0.2) is 18.2 Å². The first-order valence-electron chi connectivity index (χ1n) is 7.76. The van der Waals surface area contributed by atoms with Gasteiger partial charge in [-0.1, -0.05) is 32.4 Å². The second kappa shape index (κ2) is 6.40. The summed E-state index contributed by atoms with van der Waals surface area (Å²) in [6.07, 6.45) is 4.64. The molecule has 0 saturated heterocycles. The number of carbonyl (C=O) groups is 1. The number of anilines is 1. The maximum Gasteiger partial charge on any atom is 0.226 e. The molecule has 2 atom stereocenters. The molecule has 0 saturated carbocycles. The predicted octanol–water partition coefficient (Wildman–Crippen LogP) is 3.04. The van der Waals surface area contributed by atoms with Gasteiger partial charge < -0.3 is 10.6 Å².